The Morgan fingerprint density at radius 1 is 0.674 bits per heavy atom. The van der Waals surface area contributed by atoms with E-state index in [4.69, 9.17) is 9.84 Å². The first-order valence-electron chi connectivity index (χ1n) is 16.2. The van der Waals surface area contributed by atoms with Crippen LogP contribution in [-0.4, -0.2) is 19.3 Å². The summed E-state index contributed by atoms with van der Waals surface area (Å²) in [6.45, 7) is 15.9. The highest BCUT2D eigenvalue weighted by Crippen LogP contribution is 2.47. The largest absolute Gasteiger partial charge is 0.457 e. The molecule has 0 fully saturated rings. The summed E-state index contributed by atoms with van der Waals surface area (Å²) in [6, 6.07) is 33.8. The van der Waals surface area contributed by atoms with Crippen molar-refractivity contribution in [3.8, 4) is 51.0 Å². The molecule has 4 aromatic carbocycles. The van der Waals surface area contributed by atoms with Gasteiger partial charge in [-0.25, -0.2) is 9.67 Å². The smallest absolute Gasteiger partial charge is 0.139 e. The van der Waals surface area contributed by atoms with Gasteiger partial charge in [-0.05, 0) is 52.8 Å². The molecule has 234 valence electrons. The standard InChI is InChI=1S/C41H44N4O/c1-27(2)34-21-14-22-35(28(3)4)36(34)37-38(29-15-10-9-11-16-29)45(43-39(37)41(5,6)7)31-18-13-20-33(26-31)46-32-19-12-17-30(25-32)40-42-23-24-44(40)8/h9-28H,1-8H3. The predicted molar refractivity (Wildman–Crippen MR) is 190 cm³/mol. The fraction of sp³-hybridized carbons (Fsp3) is 0.268. The summed E-state index contributed by atoms with van der Waals surface area (Å²) in [5, 5.41) is 5.46. The van der Waals surface area contributed by atoms with Crippen molar-refractivity contribution in [3.05, 3.63) is 126 Å². The van der Waals surface area contributed by atoms with Crippen molar-refractivity contribution in [1.29, 1.82) is 0 Å². The Labute approximate surface area is 273 Å². The average Bonchev–Trinajstić information content (AvgIpc) is 3.65. The molecule has 0 radical (unpaired) electrons. The van der Waals surface area contributed by atoms with E-state index in [1.54, 1.807) is 0 Å². The second-order valence-electron chi connectivity index (χ2n) is 13.7. The van der Waals surface area contributed by atoms with Gasteiger partial charge in [-0.1, -0.05) is 115 Å². The van der Waals surface area contributed by atoms with Crippen LogP contribution in [0.15, 0.2) is 109 Å². The van der Waals surface area contributed by atoms with Crippen molar-refractivity contribution in [2.24, 2.45) is 7.05 Å². The van der Waals surface area contributed by atoms with E-state index in [-0.39, 0.29) is 5.41 Å². The van der Waals surface area contributed by atoms with Crippen molar-refractivity contribution in [3.63, 3.8) is 0 Å². The minimum Gasteiger partial charge on any atom is -0.457 e. The number of benzene rings is 4. The molecule has 6 aromatic rings. The molecular formula is C41H44N4O. The Balaban J connectivity index is 1.56. The molecule has 0 saturated heterocycles. The first-order valence-corrected chi connectivity index (χ1v) is 16.2. The molecule has 0 spiro atoms. The number of aryl methyl sites for hydroxylation is 1. The Bertz CT molecular complexity index is 1950. The van der Waals surface area contributed by atoms with Crippen LogP contribution in [0.1, 0.15) is 77.1 Å². The topological polar surface area (TPSA) is 44.9 Å². The van der Waals surface area contributed by atoms with Crippen LogP contribution in [0.2, 0.25) is 0 Å². The van der Waals surface area contributed by atoms with E-state index in [1.165, 1.54) is 22.3 Å². The number of nitrogens with zero attached hydrogens (tertiary/aromatic N) is 4. The van der Waals surface area contributed by atoms with Gasteiger partial charge >= 0.3 is 0 Å². The Morgan fingerprint density at radius 2 is 1.28 bits per heavy atom. The molecular weight excluding hydrogens is 564 g/mol. The fourth-order valence-electron chi connectivity index (χ4n) is 6.23. The van der Waals surface area contributed by atoms with Gasteiger partial charge in [-0.2, -0.15) is 5.10 Å². The lowest BCUT2D eigenvalue weighted by molar-refractivity contribution is 0.482. The van der Waals surface area contributed by atoms with Gasteiger partial charge in [0.1, 0.15) is 17.3 Å². The molecule has 0 atom stereocenters. The first-order chi connectivity index (χ1) is 22.0. The zero-order valence-electron chi connectivity index (χ0n) is 28.2. The monoisotopic (exact) mass is 608 g/mol. The summed E-state index contributed by atoms with van der Waals surface area (Å²) in [5.74, 6) is 3.10. The van der Waals surface area contributed by atoms with Gasteiger partial charge in [-0.3, -0.25) is 0 Å². The molecule has 0 aliphatic carbocycles. The number of ether oxygens (including phenoxy) is 1. The van der Waals surface area contributed by atoms with E-state index in [0.717, 1.165) is 45.5 Å². The molecule has 0 aliphatic heterocycles. The lowest BCUT2D eigenvalue weighted by atomic mass is 9.79. The summed E-state index contributed by atoms with van der Waals surface area (Å²) < 4.78 is 10.6. The van der Waals surface area contributed by atoms with Gasteiger partial charge in [0.25, 0.3) is 0 Å². The second kappa shape index (κ2) is 12.5. The molecule has 0 saturated carbocycles. The maximum atomic E-state index is 6.48. The van der Waals surface area contributed by atoms with Gasteiger partial charge in [-0.15, -0.1) is 0 Å². The Kier molecular flexibility index (Phi) is 8.43. The lowest BCUT2D eigenvalue weighted by Crippen LogP contribution is -2.15. The first kappa shape index (κ1) is 31.1. The van der Waals surface area contributed by atoms with E-state index in [2.05, 4.69) is 125 Å². The minimum absolute atomic E-state index is 0.206. The van der Waals surface area contributed by atoms with Crippen molar-refractivity contribution < 1.29 is 4.74 Å². The normalized spacial score (nSPS) is 11.9. The minimum atomic E-state index is -0.206. The number of aromatic nitrogens is 4. The van der Waals surface area contributed by atoms with Gasteiger partial charge in [0.2, 0.25) is 0 Å². The van der Waals surface area contributed by atoms with Crippen LogP contribution in [0.3, 0.4) is 0 Å². The van der Waals surface area contributed by atoms with Crippen LogP contribution < -0.4 is 4.74 Å². The van der Waals surface area contributed by atoms with Crippen LogP contribution in [0, 0.1) is 0 Å². The van der Waals surface area contributed by atoms with Crippen molar-refractivity contribution in [2.45, 2.75) is 65.7 Å². The van der Waals surface area contributed by atoms with E-state index < -0.39 is 0 Å². The van der Waals surface area contributed by atoms with Crippen LogP contribution in [-0.2, 0) is 12.5 Å². The van der Waals surface area contributed by atoms with Crippen molar-refractivity contribution >= 4 is 0 Å². The zero-order valence-corrected chi connectivity index (χ0v) is 28.2. The van der Waals surface area contributed by atoms with Gasteiger partial charge in [0.15, 0.2) is 0 Å². The van der Waals surface area contributed by atoms with E-state index in [9.17, 15) is 0 Å². The van der Waals surface area contributed by atoms with E-state index >= 15 is 0 Å². The number of hydrogen-bond donors (Lipinski definition) is 0. The molecule has 2 aromatic heterocycles. The molecule has 0 amide bonds. The predicted octanol–water partition coefficient (Wildman–Crippen LogP) is 10.9. The van der Waals surface area contributed by atoms with Crippen molar-refractivity contribution in [2.75, 3.05) is 0 Å². The quantitative estimate of drug-likeness (QED) is 0.173. The van der Waals surface area contributed by atoms with Crippen LogP contribution in [0.4, 0.5) is 0 Å². The van der Waals surface area contributed by atoms with E-state index in [0.29, 0.717) is 11.8 Å². The van der Waals surface area contributed by atoms with E-state index in [1.807, 2.05) is 54.3 Å². The summed E-state index contributed by atoms with van der Waals surface area (Å²) in [4.78, 5) is 4.51. The summed E-state index contributed by atoms with van der Waals surface area (Å²) in [5.41, 5.74) is 10.2. The lowest BCUT2D eigenvalue weighted by Gasteiger charge is -2.24. The van der Waals surface area contributed by atoms with Crippen molar-refractivity contribution in [1.82, 2.24) is 19.3 Å². The zero-order chi connectivity index (χ0) is 32.6. The highest BCUT2D eigenvalue weighted by atomic mass is 16.5. The molecule has 0 aliphatic rings. The van der Waals surface area contributed by atoms with Gasteiger partial charge < -0.3 is 9.30 Å². The summed E-state index contributed by atoms with van der Waals surface area (Å²) in [6.07, 6.45) is 3.76. The molecule has 2 heterocycles. The third-order valence-electron chi connectivity index (χ3n) is 8.48. The average molecular weight is 609 g/mol. The third kappa shape index (κ3) is 6.02. The second-order valence-corrected chi connectivity index (χ2v) is 13.7. The highest BCUT2D eigenvalue weighted by molar-refractivity contribution is 5.88. The molecule has 46 heavy (non-hydrogen) atoms. The van der Waals surface area contributed by atoms with Gasteiger partial charge in [0, 0.05) is 47.6 Å². The molecule has 5 nitrogen and oxygen atoms in total. The fourth-order valence-corrected chi connectivity index (χ4v) is 6.23. The number of rotatable bonds is 8. The molecule has 0 bridgehead atoms. The SMILES string of the molecule is CC(C)c1cccc(C(C)C)c1-c1c(C(C)(C)C)nn(-c2cccc(Oc3cccc(-c4nccn4C)c3)c2)c1-c1ccccc1. The summed E-state index contributed by atoms with van der Waals surface area (Å²) >= 11 is 0. The van der Waals surface area contributed by atoms with Crippen LogP contribution in [0.5, 0.6) is 11.5 Å². The van der Waals surface area contributed by atoms with Crippen LogP contribution >= 0.6 is 0 Å². The third-order valence-corrected chi connectivity index (χ3v) is 8.48. The maximum Gasteiger partial charge on any atom is 0.139 e. The Hall–Kier alpha value is -4.90. The molecule has 0 N–H and O–H groups in total. The Morgan fingerprint density at radius 3 is 1.89 bits per heavy atom. The van der Waals surface area contributed by atoms with Crippen LogP contribution in [0.25, 0.3) is 39.5 Å². The highest BCUT2D eigenvalue weighted by Gasteiger charge is 2.32. The maximum absolute atomic E-state index is 6.48. The number of hydrogen-bond acceptors (Lipinski definition) is 3. The summed E-state index contributed by atoms with van der Waals surface area (Å²) in [7, 11) is 2.00. The molecule has 5 heteroatoms. The number of imidazole rings is 1. The van der Waals surface area contributed by atoms with Gasteiger partial charge in [0.05, 0.1) is 17.1 Å². The molecule has 6 rings (SSSR count). The molecule has 0 unspecified atom stereocenters.